The van der Waals surface area contributed by atoms with E-state index in [9.17, 15) is 23.8 Å². The molecule has 0 aliphatic carbocycles. The lowest BCUT2D eigenvalue weighted by Crippen LogP contribution is -2.34. The van der Waals surface area contributed by atoms with Gasteiger partial charge in [0.1, 0.15) is 12.6 Å². The van der Waals surface area contributed by atoms with Crippen LogP contribution in [0.15, 0.2) is 12.2 Å². The van der Waals surface area contributed by atoms with E-state index in [0.717, 1.165) is 38.5 Å². The Balaban J connectivity index is 4.27. The summed E-state index contributed by atoms with van der Waals surface area (Å²) in [6.07, 6.45) is 42.7. The van der Waals surface area contributed by atoms with E-state index in [1.54, 1.807) is 0 Å². The first kappa shape index (κ1) is 56.2. The first-order chi connectivity index (χ1) is 28.1. The third-order valence-corrected chi connectivity index (χ3v) is 11.5. The second kappa shape index (κ2) is 41.9. The molecule has 1 unspecified atom stereocenters. The normalized spacial score (nSPS) is 13.7. The molecule has 0 aromatic heterocycles. The summed E-state index contributed by atoms with van der Waals surface area (Å²) in [6.45, 7) is 2.83. The third kappa shape index (κ3) is 41.0. The van der Waals surface area contributed by atoms with E-state index in [4.69, 9.17) is 24.8 Å². The highest BCUT2D eigenvalue weighted by atomic mass is 31.2. The molecular weight excluding hydrogens is 757 g/mol. The lowest BCUT2D eigenvalue weighted by atomic mass is 10.0. The van der Waals surface area contributed by atoms with Gasteiger partial charge >= 0.3 is 25.7 Å². The zero-order valence-electron chi connectivity index (χ0n) is 37.2. The van der Waals surface area contributed by atoms with Crippen LogP contribution in [0, 0.1) is 0 Å². The van der Waals surface area contributed by atoms with E-state index in [0.29, 0.717) is 12.8 Å². The van der Waals surface area contributed by atoms with Crippen LogP contribution in [0.4, 0.5) is 0 Å². The number of carbonyl (C=O) groups is 3. The lowest BCUT2D eigenvalue weighted by Gasteiger charge is -2.20. The van der Waals surface area contributed by atoms with Gasteiger partial charge in [0.2, 0.25) is 0 Å². The number of unbranched alkanes of at least 4 members (excludes halogenated alkanes) is 29. The van der Waals surface area contributed by atoms with E-state index in [2.05, 4.69) is 30.5 Å². The Morgan fingerprint density at radius 2 is 0.862 bits per heavy atom. The van der Waals surface area contributed by atoms with E-state index in [-0.39, 0.29) is 19.4 Å². The van der Waals surface area contributed by atoms with Gasteiger partial charge in [-0.15, -0.1) is 0 Å². The molecule has 0 radical (unpaired) electrons. The molecule has 0 aromatic carbocycles. The summed E-state index contributed by atoms with van der Waals surface area (Å²) in [5, 5.41) is 8.90. The molecule has 0 spiro atoms. The van der Waals surface area contributed by atoms with Crippen molar-refractivity contribution in [3.8, 4) is 0 Å². The molecule has 0 saturated heterocycles. The molecule has 3 atom stereocenters. The number of ether oxygens (including phenoxy) is 2. The highest BCUT2D eigenvalue weighted by Crippen LogP contribution is 2.43. The molecule has 4 N–H and O–H groups in total. The van der Waals surface area contributed by atoms with Gasteiger partial charge in [-0.25, -0.2) is 4.57 Å². The predicted molar refractivity (Wildman–Crippen MR) is 236 cm³/mol. The number of carboxylic acid groups (broad SMARTS) is 1. The fourth-order valence-electron chi connectivity index (χ4n) is 6.77. The Bertz CT molecular complexity index is 1040. The molecule has 0 fully saturated rings. The number of esters is 2. The summed E-state index contributed by atoms with van der Waals surface area (Å²) >= 11 is 0. The second-order valence-electron chi connectivity index (χ2n) is 16.2. The molecule has 0 bridgehead atoms. The Labute approximate surface area is 354 Å². The van der Waals surface area contributed by atoms with E-state index in [1.807, 2.05) is 0 Å². The number of carbonyl (C=O) groups excluding carboxylic acids is 2. The summed E-state index contributed by atoms with van der Waals surface area (Å²) in [5.41, 5.74) is 5.34. The number of nitrogens with two attached hydrogens (primary N) is 1. The summed E-state index contributed by atoms with van der Waals surface area (Å²) in [5.74, 6) is -2.36. The number of allylic oxidation sites excluding steroid dienone is 2. The standard InChI is InChI=1S/C46H88NO10P/c1-3-5-7-9-11-13-15-17-19-20-21-22-24-26-28-30-32-34-36-38-45(49)57-42(40-55-58(52,53)56-41-43(47)46(50)51)39-54-44(48)37-35-33-31-29-27-25-23-18-16-14-12-10-8-6-4-2/h17,19,42-43H,3-16,18,20-41,47H2,1-2H3,(H,50,51)(H,52,53)/b19-17-/t42-,43+/m1/s1. The first-order valence-electron chi connectivity index (χ1n) is 23.7. The highest BCUT2D eigenvalue weighted by Gasteiger charge is 2.28. The Kier molecular flexibility index (Phi) is 40.6. The maximum atomic E-state index is 12.7. The number of phosphoric acid groups is 1. The number of aliphatic carboxylic acids is 1. The van der Waals surface area contributed by atoms with Gasteiger partial charge in [-0.2, -0.15) is 0 Å². The lowest BCUT2D eigenvalue weighted by molar-refractivity contribution is -0.161. The average Bonchev–Trinajstić information content (AvgIpc) is 3.20. The zero-order chi connectivity index (χ0) is 42.8. The molecule has 0 heterocycles. The fraction of sp³-hybridized carbons (Fsp3) is 0.891. The SMILES string of the molecule is CCCCCCCC/C=C\CCCCCCCCCCCC(=O)O[C@H](COC(=O)CCCCCCCCCCCCCCCCC)COP(=O)(O)OC[C@H](N)C(=O)O. The van der Waals surface area contributed by atoms with Crippen molar-refractivity contribution in [3.05, 3.63) is 12.2 Å². The Hall–Kier alpha value is -1.78. The Morgan fingerprint density at radius 1 is 0.517 bits per heavy atom. The second-order valence-corrected chi connectivity index (χ2v) is 17.7. The Morgan fingerprint density at radius 3 is 1.26 bits per heavy atom. The number of hydrogen-bond donors (Lipinski definition) is 3. The van der Waals surface area contributed by atoms with Gasteiger partial charge in [-0.3, -0.25) is 23.4 Å². The molecule has 0 aliphatic rings. The molecule has 12 heteroatoms. The first-order valence-corrected chi connectivity index (χ1v) is 25.2. The molecule has 0 rings (SSSR count). The largest absolute Gasteiger partial charge is 0.480 e. The van der Waals surface area contributed by atoms with Crippen molar-refractivity contribution in [2.45, 2.75) is 244 Å². The van der Waals surface area contributed by atoms with Gasteiger partial charge in [0.25, 0.3) is 0 Å². The van der Waals surface area contributed by atoms with Crippen molar-refractivity contribution in [2.75, 3.05) is 19.8 Å². The molecule has 0 aliphatic heterocycles. The maximum absolute atomic E-state index is 12.7. The summed E-state index contributed by atoms with van der Waals surface area (Å²) in [7, 11) is -4.71. The van der Waals surface area contributed by atoms with Crippen molar-refractivity contribution < 1.29 is 47.5 Å². The molecule has 0 aromatic rings. The molecule has 11 nitrogen and oxygen atoms in total. The van der Waals surface area contributed by atoms with Gasteiger partial charge in [0.15, 0.2) is 6.10 Å². The van der Waals surface area contributed by atoms with Crippen molar-refractivity contribution in [1.82, 2.24) is 0 Å². The van der Waals surface area contributed by atoms with Crippen LogP contribution in [0.5, 0.6) is 0 Å². The molecule has 342 valence electrons. The third-order valence-electron chi connectivity index (χ3n) is 10.5. The van der Waals surface area contributed by atoms with Gasteiger partial charge in [-0.1, -0.05) is 193 Å². The van der Waals surface area contributed by atoms with Crippen molar-refractivity contribution in [3.63, 3.8) is 0 Å². The monoisotopic (exact) mass is 846 g/mol. The fourth-order valence-corrected chi connectivity index (χ4v) is 7.55. The van der Waals surface area contributed by atoms with Gasteiger partial charge in [0.05, 0.1) is 13.2 Å². The smallest absolute Gasteiger partial charge is 0.472 e. The van der Waals surface area contributed by atoms with Crippen LogP contribution in [-0.4, -0.2) is 59.9 Å². The molecule has 0 saturated carbocycles. The summed E-state index contributed by atoms with van der Waals surface area (Å²) in [6, 6.07) is -1.52. The van der Waals surface area contributed by atoms with Crippen molar-refractivity contribution in [1.29, 1.82) is 0 Å². The number of hydrogen-bond acceptors (Lipinski definition) is 9. The van der Waals surface area contributed by atoms with E-state index < -0.39 is 51.1 Å². The summed E-state index contributed by atoms with van der Waals surface area (Å²) in [4.78, 5) is 46.0. The minimum atomic E-state index is -4.71. The molecule has 58 heavy (non-hydrogen) atoms. The summed E-state index contributed by atoms with van der Waals surface area (Å²) < 4.78 is 32.8. The van der Waals surface area contributed by atoms with Crippen LogP contribution >= 0.6 is 7.82 Å². The average molecular weight is 846 g/mol. The number of phosphoric ester groups is 1. The number of rotatable bonds is 45. The minimum absolute atomic E-state index is 0.163. The van der Waals surface area contributed by atoms with Crippen LogP contribution in [0.2, 0.25) is 0 Å². The molecule has 0 amide bonds. The maximum Gasteiger partial charge on any atom is 0.472 e. The van der Waals surface area contributed by atoms with Crippen LogP contribution < -0.4 is 5.73 Å². The van der Waals surface area contributed by atoms with E-state index >= 15 is 0 Å². The van der Waals surface area contributed by atoms with Crippen molar-refractivity contribution >= 4 is 25.7 Å². The zero-order valence-corrected chi connectivity index (χ0v) is 38.1. The minimum Gasteiger partial charge on any atom is -0.480 e. The van der Waals surface area contributed by atoms with Crippen molar-refractivity contribution in [2.24, 2.45) is 5.73 Å². The van der Waals surface area contributed by atoms with E-state index in [1.165, 1.54) is 154 Å². The van der Waals surface area contributed by atoms with Gasteiger partial charge < -0.3 is 25.2 Å². The van der Waals surface area contributed by atoms with Gasteiger partial charge in [-0.05, 0) is 38.5 Å². The van der Waals surface area contributed by atoms with Crippen LogP contribution in [0.3, 0.4) is 0 Å². The van der Waals surface area contributed by atoms with Crippen LogP contribution in [0.25, 0.3) is 0 Å². The van der Waals surface area contributed by atoms with Crippen LogP contribution in [-0.2, 0) is 37.5 Å². The molecular formula is C46H88NO10P. The highest BCUT2D eigenvalue weighted by molar-refractivity contribution is 7.47. The quantitative estimate of drug-likeness (QED) is 0.0230. The van der Waals surface area contributed by atoms with Gasteiger partial charge in [0, 0.05) is 12.8 Å². The number of carboxylic acids is 1. The van der Waals surface area contributed by atoms with Crippen LogP contribution in [0.1, 0.15) is 232 Å². The topological polar surface area (TPSA) is 172 Å². The predicted octanol–water partition coefficient (Wildman–Crippen LogP) is 12.8.